The summed E-state index contributed by atoms with van der Waals surface area (Å²) in [4.78, 5) is 6.09. The summed E-state index contributed by atoms with van der Waals surface area (Å²) in [6.07, 6.45) is 3.32. The van der Waals surface area contributed by atoms with Crippen molar-refractivity contribution in [2.75, 3.05) is 18.5 Å². The molecule has 158 valence electrons. The van der Waals surface area contributed by atoms with Crippen LogP contribution in [0, 0.1) is 11.6 Å². The lowest BCUT2D eigenvalue weighted by atomic mass is 9.95. The summed E-state index contributed by atoms with van der Waals surface area (Å²) in [5, 5.41) is 9.74. The maximum Gasteiger partial charge on any atom is 0.205 e. The molecule has 1 aliphatic rings. The van der Waals surface area contributed by atoms with E-state index in [1.54, 1.807) is 7.05 Å². The molecule has 0 bridgehead atoms. The molecule has 2 aromatic rings. The number of para-hydroxylation sites is 1. The lowest BCUT2D eigenvalue weighted by Gasteiger charge is -2.27. The zero-order valence-electron chi connectivity index (χ0n) is 16.6. The average Bonchev–Trinajstić information content (AvgIpc) is 2.77. The van der Waals surface area contributed by atoms with Gasteiger partial charge in [0, 0.05) is 29.4 Å². The van der Waals surface area contributed by atoms with E-state index in [0.29, 0.717) is 23.4 Å². The normalized spacial score (nSPS) is 13.6. The number of ether oxygens (including phenoxy) is 1. The van der Waals surface area contributed by atoms with Gasteiger partial charge in [0.2, 0.25) is 11.6 Å². The molecule has 0 aliphatic carbocycles. The van der Waals surface area contributed by atoms with Crippen molar-refractivity contribution in [2.45, 2.75) is 13.5 Å². The van der Waals surface area contributed by atoms with Crippen molar-refractivity contribution in [1.82, 2.24) is 4.72 Å². The third-order valence-electron chi connectivity index (χ3n) is 4.62. The number of benzene rings is 2. The SMILES string of the molecule is C=CC1=C(/C=C(\SNC)N(CC)c2ccccc2)OCc2c1cc(OO)c(F)c2F. The molecule has 0 amide bonds. The van der Waals surface area contributed by atoms with Crippen LogP contribution in [0.1, 0.15) is 18.1 Å². The Balaban J connectivity index is 2.14. The Morgan fingerprint density at radius 2 is 2.07 bits per heavy atom. The van der Waals surface area contributed by atoms with Crippen molar-refractivity contribution in [3.8, 4) is 5.75 Å². The Kier molecular flexibility index (Phi) is 7.15. The summed E-state index contributed by atoms with van der Waals surface area (Å²) in [6, 6.07) is 11.1. The molecule has 0 fully saturated rings. The van der Waals surface area contributed by atoms with E-state index in [1.807, 2.05) is 43.3 Å². The van der Waals surface area contributed by atoms with Gasteiger partial charge in [-0.25, -0.2) is 9.65 Å². The first-order valence-electron chi connectivity index (χ1n) is 9.25. The summed E-state index contributed by atoms with van der Waals surface area (Å²) in [5.41, 5.74) is 1.85. The van der Waals surface area contributed by atoms with Gasteiger partial charge in [0.1, 0.15) is 12.4 Å². The number of anilines is 1. The van der Waals surface area contributed by atoms with Gasteiger partial charge in [-0.15, -0.1) is 0 Å². The standard InChI is InChI=1S/C22H22F2N2O3S/c1-4-15-16-11-19(29-27)22(24)21(23)17(16)13-28-18(15)12-20(30-25-3)26(5-2)14-9-7-6-8-10-14/h4,6-12,25,27H,1,5,13H2,2-3H3/b20-12-. The van der Waals surface area contributed by atoms with Crippen LogP contribution >= 0.6 is 11.9 Å². The Morgan fingerprint density at radius 1 is 1.33 bits per heavy atom. The van der Waals surface area contributed by atoms with Crippen LogP contribution in [-0.2, 0) is 11.3 Å². The van der Waals surface area contributed by atoms with E-state index in [9.17, 15) is 8.78 Å². The molecule has 3 rings (SSSR count). The third kappa shape index (κ3) is 4.21. The van der Waals surface area contributed by atoms with Gasteiger partial charge in [0.05, 0.1) is 5.03 Å². The quantitative estimate of drug-likeness (QED) is 0.327. The van der Waals surface area contributed by atoms with Gasteiger partial charge < -0.3 is 14.5 Å². The summed E-state index contributed by atoms with van der Waals surface area (Å²) in [6.45, 7) is 6.35. The highest BCUT2D eigenvalue weighted by Gasteiger charge is 2.27. The number of nitrogens with one attached hydrogen (secondary N) is 1. The van der Waals surface area contributed by atoms with E-state index in [-0.39, 0.29) is 12.2 Å². The van der Waals surface area contributed by atoms with Gasteiger partial charge >= 0.3 is 0 Å². The van der Waals surface area contributed by atoms with Crippen LogP contribution in [0.4, 0.5) is 14.5 Å². The summed E-state index contributed by atoms with van der Waals surface area (Å²) < 4.78 is 37.2. The van der Waals surface area contributed by atoms with Gasteiger partial charge in [-0.1, -0.05) is 30.9 Å². The Bertz CT molecular complexity index is 994. The molecule has 0 radical (unpaired) electrons. The third-order valence-corrected chi connectivity index (χ3v) is 5.37. The van der Waals surface area contributed by atoms with Crippen molar-refractivity contribution < 1.29 is 23.7 Å². The molecule has 1 aliphatic heterocycles. The molecule has 0 saturated carbocycles. The molecule has 1 heterocycles. The van der Waals surface area contributed by atoms with Gasteiger partial charge in [0.15, 0.2) is 5.82 Å². The van der Waals surface area contributed by atoms with E-state index >= 15 is 0 Å². The minimum Gasteiger partial charge on any atom is -0.488 e. The zero-order chi connectivity index (χ0) is 21.7. The Labute approximate surface area is 178 Å². The Morgan fingerprint density at radius 3 is 2.67 bits per heavy atom. The lowest BCUT2D eigenvalue weighted by Crippen LogP contribution is -2.22. The summed E-state index contributed by atoms with van der Waals surface area (Å²) >= 11 is 1.39. The number of halogens is 2. The molecular weight excluding hydrogens is 410 g/mol. The second-order valence-corrected chi connectivity index (χ2v) is 7.29. The van der Waals surface area contributed by atoms with Crippen molar-refractivity contribution in [1.29, 1.82) is 0 Å². The molecular formula is C22H22F2N2O3S. The topological polar surface area (TPSA) is 54.0 Å². The maximum atomic E-state index is 14.4. The monoisotopic (exact) mass is 432 g/mol. The van der Waals surface area contributed by atoms with Crippen LogP contribution in [0.25, 0.3) is 5.57 Å². The molecule has 0 aromatic heterocycles. The van der Waals surface area contributed by atoms with E-state index in [0.717, 1.165) is 10.7 Å². The summed E-state index contributed by atoms with van der Waals surface area (Å²) in [5.74, 6) is -2.54. The molecule has 2 N–H and O–H groups in total. The fraction of sp³-hybridized carbons (Fsp3) is 0.182. The van der Waals surface area contributed by atoms with Gasteiger partial charge in [-0.05, 0) is 49.7 Å². The van der Waals surface area contributed by atoms with Crippen LogP contribution in [0.3, 0.4) is 0 Å². The molecule has 8 heteroatoms. The molecule has 5 nitrogen and oxygen atoms in total. The smallest absolute Gasteiger partial charge is 0.205 e. The number of hydrogen-bond acceptors (Lipinski definition) is 6. The van der Waals surface area contributed by atoms with Crippen molar-refractivity contribution in [3.63, 3.8) is 0 Å². The second kappa shape index (κ2) is 9.80. The number of fused-ring (bicyclic) bond motifs is 1. The maximum absolute atomic E-state index is 14.4. The van der Waals surface area contributed by atoms with Crippen LogP contribution in [0.2, 0.25) is 0 Å². The molecule has 0 spiro atoms. The number of rotatable bonds is 8. The van der Waals surface area contributed by atoms with Crippen LogP contribution in [-0.4, -0.2) is 18.8 Å². The van der Waals surface area contributed by atoms with E-state index in [1.165, 1.54) is 24.1 Å². The largest absolute Gasteiger partial charge is 0.488 e. The van der Waals surface area contributed by atoms with Gasteiger partial charge in [-0.3, -0.25) is 4.72 Å². The number of nitrogens with zero attached hydrogens (tertiary/aromatic N) is 1. The fourth-order valence-electron chi connectivity index (χ4n) is 3.23. The molecule has 0 unspecified atom stereocenters. The van der Waals surface area contributed by atoms with Crippen LogP contribution in [0.15, 0.2) is 65.9 Å². The van der Waals surface area contributed by atoms with Crippen molar-refractivity contribution in [3.05, 3.63) is 88.7 Å². The number of hydrogen-bond donors (Lipinski definition) is 2. The highest BCUT2D eigenvalue weighted by atomic mass is 32.2. The predicted molar refractivity (Wildman–Crippen MR) is 116 cm³/mol. The van der Waals surface area contributed by atoms with E-state index < -0.39 is 17.4 Å². The number of allylic oxidation sites excluding steroid dienone is 3. The van der Waals surface area contributed by atoms with Crippen molar-refractivity contribution in [2.24, 2.45) is 0 Å². The van der Waals surface area contributed by atoms with Crippen LogP contribution < -0.4 is 14.5 Å². The molecule has 0 atom stereocenters. The first kappa shape index (κ1) is 21.9. The predicted octanol–water partition coefficient (Wildman–Crippen LogP) is 5.48. The average molecular weight is 432 g/mol. The van der Waals surface area contributed by atoms with E-state index in [4.69, 9.17) is 9.99 Å². The first-order valence-corrected chi connectivity index (χ1v) is 10.1. The zero-order valence-corrected chi connectivity index (χ0v) is 17.4. The minimum atomic E-state index is -1.27. The molecule has 0 saturated heterocycles. The summed E-state index contributed by atoms with van der Waals surface area (Å²) in [7, 11) is 1.81. The van der Waals surface area contributed by atoms with Gasteiger partial charge in [0.25, 0.3) is 0 Å². The van der Waals surface area contributed by atoms with Crippen LogP contribution in [0.5, 0.6) is 5.75 Å². The first-order chi connectivity index (χ1) is 14.5. The minimum absolute atomic E-state index is 0.0403. The fourth-order valence-corrected chi connectivity index (χ4v) is 3.95. The van der Waals surface area contributed by atoms with Gasteiger partial charge in [-0.2, -0.15) is 4.39 Å². The highest BCUT2D eigenvalue weighted by molar-refractivity contribution is 8.01. The highest BCUT2D eigenvalue weighted by Crippen LogP contribution is 2.38. The second-order valence-electron chi connectivity index (χ2n) is 6.26. The van der Waals surface area contributed by atoms with Crippen molar-refractivity contribution >= 4 is 23.2 Å². The molecule has 30 heavy (non-hydrogen) atoms. The molecule has 2 aromatic carbocycles. The Hall–Kier alpha value is -2.81. The van der Waals surface area contributed by atoms with E-state index in [2.05, 4.69) is 21.1 Å². The lowest BCUT2D eigenvalue weighted by molar-refractivity contribution is -0.140.